The number of H-pyrrole nitrogens is 1. The minimum atomic E-state index is -0.813. The third-order valence-electron chi connectivity index (χ3n) is 6.04. The smallest absolute Gasteiger partial charge is 0.256 e. The number of aromatic amines is 1. The van der Waals surface area contributed by atoms with Crippen molar-refractivity contribution in [1.29, 1.82) is 0 Å². The van der Waals surface area contributed by atoms with Crippen molar-refractivity contribution in [1.82, 2.24) is 20.1 Å². The molecule has 1 N–H and O–H groups in total. The molecule has 0 bridgehead atoms. The monoisotopic (exact) mass is 374 g/mol. The highest BCUT2D eigenvalue weighted by Gasteiger charge is 2.51. The highest BCUT2D eigenvalue weighted by molar-refractivity contribution is 5.94. The molecule has 1 saturated heterocycles. The molecule has 2 aromatic rings. The number of carbonyl (C=O) groups is 1. The number of amides is 1. The van der Waals surface area contributed by atoms with Gasteiger partial charge in [0.1, 0.15) is 17.5 Å². The number of nitrogens with one attached hydrogen (secondary N) is 1. The zero-order valence-corrected chi connectivity index (χ0v) is 15.5. The maximum absolute atomic E-state index is 14.1. The van der Waals surface area contributed by atoms with Crippen LogP contribution in [0.2, 0.25) is 0 Å². The van der Waals surface area contributed by atoms with Crippen molar-refractivity contribution in [3.8, 4) is 0 Å². The van der Waals surface area contributed by atoms with Crippen LogP contribution < -0.4 is 0 Å². The average molecular weight is 374 g/mol. The SMILES string of the molecule is CCCc1nc(C2CN(C(=O)c3ccc(F)cc3F)CC23CCCC3)n[nH]1. The summed E-state index contributed by atoms with van der Waals surface area (Å²) < 4.78 is 27.3. The Morgan fingerprint density at radius 1 is 1.33 bits per heavy atom. The summed E-state index contributed by atoms with van der Waals surface area (Å²) in [6.07, 6.45) is 6.11. The summed E-state index contributed by atoms with van der Waals surface area (Å²) in [5.74, 6) is -0.197. The van der Waals surface area contributed by atoms with E-state index in [-0.39, 0.29) is 22.8 Å². The van der Waals surface area contributed by atoms with Gasteiger partial charge in [-0.25, -0.2) is 13.8 Å². The summed E-state index contributed by atoms with van der Waals surface area (Å²) in [4.78, 5) is 19.3. The van der Waals surface area contributed by atoms with E-state index >= 15 is 0 Å². The first-order valence-electron chi connectivity index (χ1n) is 9.68. The molecule has 27 heavy (non-hydrogen) atoms. The topological polar surface area (TPSA) is 61.9 Å². The Hall–Kier alpha value is -2.31. The second-order valence-electron chi connectivity index (χ2n) is 7.82. The maximum atomic E-state index is 14.1. The van der Waals surface area contributed by atoms with E-state index in [1.807, 2.05) is 0 Å². The molecule has 7 heteroatoms. The van der Waals surface area contributed by atoms with Gasteiger partial charge in [-0.2, -0.15) is 5.10 Å². The number of aromatic nitrogens is 3. The third-order valence-corrected chi connectivity index (χ3v) is 6.04. The van der Waals surface area contributed by atoms with E-state index in [0.717, 1.165) is 62.3 Å². The first kappa shape index (κ1) is 18.1. The molecule has 144 valence electrons. The Kier molecular flexibility index (Phi) is 4.70. The largest absolute Gasteiger partial charge is 0.337 e. The van der Waals surface area contributed by atoms with Crippen molar-refractivity contribution < 1.29 is 13.6 Å². The quantitative estimate of drug-likeness (QED) is 0.885. The Bertz CT molecular complexity index is 844. The van der Waals surface area contributed by atoms with Crippen molar-refractivity contribution in [2.45, 2.75) is 51.4 Å². The van der Waals surface area contributed by atoms with E-state index in [1.54, 1.807) is 4.90 Å². The van der Waals surface area contributed by atoms with Gasteiger partial charge in [0.15, 0.2) is 5.82 Å². The number of nitrogens with zero attached hydrogens (tertiary/aromatic N) is 3. The predicted octanol–water partition coefficient (Wildman–Crippen LogP) is 3.84. The molecular formula is C20H24F2N4O. The van der Waals surface area contributed by atoms with E-state index in [1.165, 1.54) is 6.07 Å². The molecule has 4 rings (SSSR count). The molecule has 2 heterocycles. The fourth-order valence-corrected chi connectivity index (χ4v) is 4.71. The van der Waals surface area contributed by atoms with Crippen LogP contribution in [0.5, 0.6) is 0 Å². The molecule has 1 aromatic heterocycles. The van der Waals surface area contributed by atoms with E-state index in [4.69, 9.17) is 0 Å². The molecule has 1 aromatic carbocycles. The number of rotatable bonds is 4. The zero-order valence-electron chi connectivity index (χ0n) is 15.5. The van der Waals surface area contributed by atoms with Crippen molar-refractivity contribution in [3.05, 3.63) is 47.0 Å². The van der Waals surface area contributed by atoms with Crippen LogP contribution >= 0.6 is 0 Å². The Labute approximate surface area is 157 Å². The van der Waals surface area contributed by atoms with Crippen molar-refractivity contribution in [2.24, 2.45) is 5.41 Å². The van der Waals surface area contributed by atoms with Crippen LogP contribution in [0.1, 0.15) is 67.0 Å². The molecule has 1 amide bonds. The zero-order chi connectivity index (χ0) is 19.0. The third kappa shape index (κ3) is 3.24. The first-order chi connectivity index (χ1) is 13.0. The van der Waals surface area contributed by atoms with Gasteiger partial charge in [-0.1, -0.05) is 19.8 Å². The lowest BCUT2D eigenvalue weighted by atomic mass is 9.76. The fraction of sp³-hybridized carbons (Fsp3) is 0.550. The van der Waals surface area contributed by atoms with Crippen LogP contribution in [0.25, 0.3) is 0 Å². The molecule has 1 spiro atoms. The number of hydrogen-bond acceptors (Lipinski definition) is 3. The van der Waals surface area contributed by atoms with Gasteiger partial charge in [-0.05, 0) is 36.8 Å². The summed E-state index contributed by atoms with van der Waals surface area (Å²) in [7, 11) is 0. The fourth-order valence-electron chi connectivity index (χ4n) is 4.71. The van der Waals surface area contributed by atoms with E-state index in [9.17, 15) is 13.6 Å². The van der Waals surface area contributed by atoms with Gasteiger partial charge in [0, 0.05) is 31.5 Å². The van der Waals surface area contributed by atoms with Crippen LogP contribution in [-0.4, -0.2) is 39.1 Å². The van der Waals surface area contributed by atoms with E-state index in [0.29, 0.717) is 13.1 Å². The van der Waals surface area contributed by atoms with E-state index in [2.05, 4.69) is 22.1 Å². The number of carbonyl (C=O) groups excluding carboxylic acids is 1. The molecule has 2 fully saturated rings. The molecule has 1 saturated carbocycles. The molecule has 1 aliphatic heterocycles. The summed E-state index contributed by atoms with van der Waals surface area (Å²) in [5, 5.41) is 7.45. The minimum absolute atomic E-state index is 0.0438. The molecule has 2 aliphatic rings. The Morgan fingerprint density at radius 2 is 2.11 bits per heavy atom. The van der Waals surface area contributed by atoms with Crippen LogP contribution in [0, 0.1) is 17.0 Å². The molecule has 1 unspecified atom stereocenters. The molecule has 1 atom stereocenters. The number of halogens is 2. The van der Waals surface area contributed by atoms with Gasteiger partial charge in [0.05, 0.1) is 5.56 Å². The van der Waals surface area contributed by atoms with Gasteiger partial charge in [0.25, 0.3) is 5.91 Å². The van der Waals surface area contributed by atoms with Gasteiger partial charge in [-0.15, -0.1) is 0 Å². The molecule has 5 nitrogen and oxygen atoms in total. The lowest BCUT2D eigenvalue weighted by Gasteiger charge is -2.27. The number of aryl methyl sites for hydroxylation is 1. The number of benzene rings is 1. The van der Waals surface area contributed by atoms with Crippen LogP contribution in [0.15, 0.2) is 18.2 Å². The summed E-state index contributed by atoms with van der Waals surface area (Å²) in [6, 6.07) is 3.12. The first-order valence-corrected chi connectivity index (χ1v) is 9.68. The van der Waals surface area contributed by atoms with Gasteiger partial charge < -0.3 is 4.90 Å². The maximum Gasteiger partial charge on any atom is 0.256 e. The van der Waals surface area contributed by atoms with Crippen molar-refractivity contribution >= 4 is 5.91 Å². The predicted molar refractivity (Wildman–Crippen MR) is 96.3 cm³/mol. The Morgan fingerprint density at radius 3 is 2.81 bits per heavy atom. The standard InChI is InChI=1S/C20H24F2N4O/c1-2-5-17-23-18(25-24-17)15-11-26(12-20(15)8-3-4-9-20)19(27)14-7-6-13(21)10-16(14)22/h6-7,10,15H,2-5,8-9,11-12H2,1H3,(H,23,24,25). The lowest BCUT2D eigenvalue weighted by molar-refractivity contribution is 0.0768. The normalized spacial score (nSPS) is 21.3. The molecular weight excluding hydrogens is 350 g/mol. The van der Waals surface area contributed by atoms with Gasteiger partial charge in [0.2, 0.25) is 0 Å². The summed E-state index contributed by atoms with van der Waals surface area (Å²) >= 11 is 0. The van der Waals surface area contributed by atoms with Crippen LogP contribution in [-0.2, 0) is 6.42 Å². The van der Waals surface area contributed by atoms with E-state index < -0.39 is 11.6 Å². The molecule has 1 aliphatic carbocycles. The summed E-state index contributed by atoms with van der Waals surface area (Å²) in [5.41, 5.74) is -0.121. The highest BCUT2D eigenvalue weighted by Crippen LogP contribution is 2.52. The second-order valence-corrected chi connectivity index (χ2v) is 7.82. The number of likely N-dealkylation sites (tertiary alicyclic amines) is 1. The second kappa shape index (κ2) is 7.02. The van der Waals surface area contributed by atoms with Gasteiger partial charge in [-0.3, -0.25) is 9.89 Å². The van der Waals surface area contributed by atoms with Crippen LogP contribution in [0.4, 0.5) is 8.78 Å². The minimum Gasteiger partial charge on any atom is -0.337 e. The number of hydrogen-bond donors (Lipinski definition) is 1. The molecule has 0 radical (unpaired) electrons. The Balaban J connectivity index is 1.62. The van der Waals surface area contributed by atoms with Gasteiger partial charge >= 0.3 is 0 Å². The van der Waals surface area contributed by atoms with Crippen molar-refractivity contribution in [2.75, 3.05) is 13.1 Å². The van der Waals surface area contributed by atoms with Crippen LogP contribution in [0.3, 0.4) is 0 Å². The lowest BCUT2D eigenvalue weighted by Crippen LogP contribution is -2.31. The average Bonchev–Trinajstić information content (AvgIpc) is 3.36. The summed E-state index contributed by atoms with van der Waals surface area (Å²) in [6.45, 7) is 3.14. The van der Waals surface area contributed by atoms with Crippen molar-refractivity contribution in [3.63, 3.8) is 0 Å². The highest BCUT2D eigenvalue weighted by atomic mass is 19.1.